The molecule has 0 aliphatic heterocycles. The largest absolute Gasteiger partial charge is 0.381 e. The maximum atomic E-state index is 11.9. The van der Waals surface area contributed by atoms with Gasteiger partial charge in [-0.3, -0.25) is 4.79 Å². The minimum absolute atomic E-state index is 0.168. The zero-order valence-electron chi connectivity index (χ0n) is 10.5. The van der Waals surface area contributed by atoms with Crippen LogP contribution in [0, 0.1) is 21.4 Å². The number of nitrogens with one attached hydrogen (secondary N) is 1. The molecule has 1 N–H and O–H groups in total. The van der Waals surface area contributed by atoms with Crippen LogP contribution in [0.1, 0.15) is 5.56 Å². The molecule has 21 heavy (non-hydrogen) atoms. The van der Waals surface area contributed by atoms with Crippen molar-refractivity contribution < 1.29 is 9.72 Å². The van der Waals surface area contributed by atoms with E-state index in [1.165, 1.54) is 29.1 Å². The zero-order chi connectivity index (χ0) is 15.4. The van der Waals surface area contributed by atoms with E-state index in [4.69, 9.17) is 16.9 Å². The molecule has 0 saturated heterocycles. The van der Waals surface area contributed by atoms with Crippen molar-refractivity contribution in [3.8, 4) is 6.07 Å². The third-order valence-corrected chi connectivity index (χ3v) is 2.74. The Balaban J connectivity index is 2.10. The molecule has 2 aromatic rings. The van der Waals surface area contributed by atoms with E-state index >= 15 is 0 Å². The quantitative estimate of drug-likeness (QED) is 0.685. The molecule has 0 saturated carbocycles. The first kappa shape index (κ1) is 14.5. The molecule has 1 amide bonds. The highest BCUT2D eigenvalue weighted by molar-refractivity contribution is 6.31. The van der Waals surface area contributed by atoms with E-state index in [9.17, 15) is 14.9 Å². The lowest BCUT2D eigenvalue weighted by Gasteiger charge is -2.07. The molecule has 0 radical (unpaired) electrons. The number of amides is 1. The molecule has 0 atom stereocenters. The van der Waals surface area contributed by atoms with Gasteiger partial charge in [-0.1, -0.05) is 11.6 Å². The van der Waals surface area contributed by atoms with Crippen molar-refractivity contribution >= 4 is 29.0 Å². The van der Waals surface area contributed by atoms with E-state index < -0.39 is 10.8 Å². The summed E-state index contributed by atoms with van der Waals surface area (Å²) < 4.78 is 1.27. The summed E-state index contributed by atoms with van der Waals surface area (Å²) in [6, 6.07) is 6.40. The number of nitrogens with zero attached hydrogens (tertiary/aromatic N) is 4. The highest BCUT2D eigenvalue weighted by atomic mass is 35.5. The summed E-state index contributed by atoms with van der Waals surface area (Å²) in [6.45, 7) is -0.168. The molecular weight excluding hydrogens is 298 g/mol. The third-order valence-electron chi connectivity index (χ3n) is 2.51. The predicted octanol–water partition coefficient (Wildman–Crippen LogP) is 1.96. The Morgan fingerprint density at radius 1 is 1.57 bits per heavy atom. The van der Waals surface area contributed by atoms with E-state index in [-0.39, 0.29) is 23.6 Å². The number of imidazole rings is 1. The second-order valence-electron chi connectivity index (χ2n) is 4.01. The minimum Gasteiger partial charge on any atom is -0.358 e. The van der Waals surface area contributed by atoms with Crippen LogP contribution in [0.2, 0.25) is 5.02 Å². The SMILES string of the molecule is N#Cc1ccc(Cl)cc1NC(=O)Cn1cnc([N+](=O)[O-])c1. The maximum Gasteiger partial charge on any atom is 0.381 e. The van der Waals surface area contributed by atoms with Crippen molar-refractivity contribution in [2.75, 3.05) is 5.32 Å². The fraction of sp³-hybridized carbons (Fsp3) is 0.0833. The molecule has 106 valence electrons. The summed E-state index contributed by atoms with van der Waals surface area (Å²) >= 11 is 5.80. The Kier molecular flexibility index (Phi) is 4.15. The number of carbonyl (C=O) groups excluding carboxylic acids is 1. The van der Waals surface area contributed by atoms with Gasteiger partial charge in [0, 0.05) is 5.02 Å². The van der Waals surface area contributed by atoms with Crippen LogP contribution in [0.4, 0.5) is 11.5 Å². The van der Waals surface area contributed by atoms with E-state index in [0.29, 0.717) is 5.02 Å². The highest BCUT2D eigenvalue weighted by Crippen LogP contribution is 2.20. The number of aromatic nitrogens is 2. The number of hydrogen-bond acceptors (Lipinski definition) is 5. The Bertz CT molecular complexity index is 750. The van der Waals surface area contributed by atoms with Gasteiger partial charge in [0.2, 0.25) is 12.2 Å². The van der Waals surface area contributed by atoms with Crippen LogP contribution in [0.25, 0.3) is 0 Å². The number of nitriles is 1. The number of halogens is 1. The maximum absolute atomic E-state index is 11.9. The van der Waals surface area contributed by atoms with Gasteiger partial charge < -0.3 is 20.0 Å². The first-order valence-corrected chi connectivity index (χ1v) is 6.03. The van der Waals surface area contributed by atoms with Gasteiger partial charge in [0.15, 0.2) is 0 Å². The fourth-order valence-corrected chi connectivity index (χ4v) is 1.77. The lowest BCUT2D eigenvalue weighted by atomic mass is 10.2. The monoisotopic (exact) mass is 305 g/mol. The normalized spacial score (nSPS) is 9.90. The summed E-state index contributed by atoms with van der Waals surface area (Å²) in [6.07, 6.45) is 2.32. The smallest absolute Gasteiger partial charge is 0.358 e. The van der Waals surface area contributed by atoms with Crippen molar-refractivity contribution in [1.82, 2.24) is 9.55 Å². The van der Waals surface area contributed by atoms with Crippen LogP contribution in [0.5, 0.6) is 0 Å². The summed E-state index contributed by atoms with van der Waals surface area (Å²) in [7, 11) is 0. The fourth-order valence-electron chi connectivity index (χ4n) is 1.60. The first-order valence-electron chi connectivity index (χ1n) is 5.65. The van der Waals surface area contributed by atoms with Crippen LogP contribution in [-0.4, -0.2) is 20.4 Å². The first-order chi connectivity index (χ1) is 9.99. The standard InChI is InChI=1S/C12H8ClN5O3/c13-9-2-1-8(4-14)10(3-9)16-12(19)6-17-5-11(15-7-17)18(20)21/h1-3,5,7H,6H2,(H,16,19). The summed E-state index contributed by atoms with van der Waals surface area (Å²) in [5, 5.41) is 22.3. The molecule has 0 bridgehead atoms. The summed E-state index contributed by atoms with van der Waals surface area (Å²) in [5.74, 6) is -0.802. The highest BCUT2D eigenvalue weighted by Gasteiger charge is 2.13. The predicted molar refractivity (Wildman–Crippen MR) is 73.7 cm³/mol. The van der Waals surface area contributed by atoms with E-state index in [1.54, 1.807) is 0 Å². The molecule has 0 fully saturated rings. The molecule has 0 aliphatic carbocycles. The molecule has 0 spiro atoms. The summed E-state index contributed by atoms with van der Waals surface area (Å²) in [5.41, 5.74) is 0.550. The Hall–Kier alpha value is -2.92. The van der Waals surface area contributed by atoms with Gasteiger partial charge in [-0.2, -0.15) is 5.26 Å². The van der Waals surface area contributed by atoms with Gasteiger partial charge in [0.1, 0.15) is 18.8 Å². The number of nitro groups is 1. The summed E-state index contributed by atoms with van der Waals surface area (Å²) in [4.78, 5) is 25.2. The molecular formula is C12H8ClN5O3. The van der Waals surface area contributed by atoms with Crippen LogP contribution < -0.4 is 5.32 Å². The van der Waals surface area contributed by atoms with Crippen LogP contribution in [-0.2, 0) is 11.3 Å². The van der Waals surface area contributed by atoms with E-state index in [0.717, 1.165) is 6.20 Å². The topological polar surface area (TPSA) is 114 Å². The van der Waals surface area contributed by atoms with Crippen LogP contribution in [0.15, 0.2) is 30.7 Å². The third kappa shape index (κ3) is 3.55. The molecule has 1 aromatic carbocycles. The number of anilines is 1. The van der Waals surface area contributed by atoms with Crippen molar-refractivity contribution in [2.45, 2.75) is 6.54 Å². The van der Waals surface area contributed by atoms with Crippen molar-refractivity contribution in [2.24, 2.45) is 0 Å². The Labute approximate surface area is 123 Å². The van der Waals surface area contributed by atoms with E-state index in [2.05, 4.69) is 10.3 Å². The van der Waals surface area contributed by atoms with E-state index in [1.807, 2.05) is 6.07 Å². The lowest BCUT2D eigenvalue weighted by molar-refractivity contribution is -0.389. The van der Waals surface area contributed by atoms with Crippen LogP contribution >= 0.6 is 11.6 Å². The minimum atomic E-state index is -0.654. The van der Waals surface area contributed by atoms with Gasteiger partial charge in [0.05, 0.1) is 11.3 Å². The van der Waals surface area contributed by atoms with Crippen molar-refractivity contribution in [3.05, 3.63) is 51.4 Å². The van der Waals surface area contributed by atoms with Gasteiger partial charge >= 0.3 is 5.82 Å². The molecule has 0 aliphatic rings. The number of benzene rings is 1. The Morgan fingerprint density at radius 3 is 2.95 bits per heavy atom. The van der Waals surface area contributed by atoms with Gasteiger partial charge in [-0.25, -0.2) is 0 Å². The number of rotatable bonds is 4. The molecule has 9 heteroatoms. The van der Waals surface area contributed by atoms with Gasteiger partial charge in [0.25, 0.3) is 0 Å². The molecule has 2 rings (SSSR count). The number of hydrogen-bond donors (Lipinski definition) is 1. The average molecular weight is 306 g/mol. The average Bonchev–Trinajstić information content (AvgIpc) is 2.87. The van der Waals surface area contributed by atoms with Crippen molar-refractivity contribution in [3.63, 3.8) is 0 Å². The molecule has 8 nitrogen and oxygen atoms in total. The molecule has 1 aromatic heterocycles. The van der Waals surface area contributed by atoms with Gasteiger partial charge in [-0.15, -0.1) is 0 Å². The number of carbonyl (C=O) groups is 1. The Morgan fingerprint density at radius 2 is 2.33 bits per heavy atom. The van der Waals surface area contributed by atoms with Crippen molar-refractivity contribution in [1.29, 1.82) is 5.26 Å². The lowest BCUT2D eigenvalue weighted by Crippen LogP contribution is -2.18. The molecule has 1 heterocycles. The van der Waals surface area contributed by atoms with Crippen LogP contribution in [0.3, 0.4) is 0 Å². The molecule has 0 unspecified atom stereocenters. The second kappa shape index (κ2) is 6.02. The second-order valence-corrected chi connectivity index (χ2v) is 4.45. The zero-order valence-corrected chi connectivity index (χ0v) is 11.2. The van der Waals surface area contributed by atoms with Gasteiger partial charge in [-0.05, 0) is 28.1 Å².